The summed E-state index contributed by atoms with van der Waals surface area (Å²) in [7, 11) is 0. The number of ether oxygens (including phenoxy) is 1. The summed E-state index contributed by atoms with van der Waals surface area (Å²) in [5.74, 6) is 1.16. The summed E-state index contributed by atoms with van der Waals surface area (Å²) in [6.45, 7) is 9.92. The molecule has 2 saturated carbocycles. The lowest BCUT2D eigenvalue weighted by molar-refractivity contribution is -0.138. The van der Waals surface area contributed by atoms with E-state index in [1.54, 1.807) is 11.7 Å². The van der Waals surface area contributed by atoms with Crippen molar-refractivity contribution in [3.05, 3.63) is 16.6 Å². The molecule has 3 fully saturated rings. The average molecular weight is 420 g/mol. The van der Waals surface area contributed by atoms with Gasteiger partial charge in [-0.1, -0.05) is 27.7 Å². The molecule has 2 amide bonds. The van der Waals surface area contributed by atoms with Gasteiger partial charge in [0.2, 0.25) is 5.91 Å². The molecule has 5 atom stereocenters. The molecule has 0 radical (unpaired) electrons. The van der Waals surface area contributed by atoms with Gasteiger partial charge in [0, 0.05) is 25.1 Å². The van der Waals surface area contributed by atoms with Crippen molar-refractivity contribution >= 4 is 23.2 Å². The van der Waals surface area contributed by atoms with E-state index < -0.39 is 0 Å². The highest BCUT2D eigenvalue weighted by molar-refractivity contribution is 7.11. The average Bonchev–Trinajstić information content (AvgIpc) is 3.37. The molecule has 2 aliphatic carbocycles. The Hall–Kier alpha value is -1.47. The normalized spacial score (nSPS) is 34.8. The Morgan fingerprint density at radius 3 is 2.86 bits per heavy atom. The summed E-state index contributed by atoms with van der Waals surface area (Å²) in [6, 6.07) is 0.201. The Morgan fingerprint density at radius 2 is 2.17 bits per heavy atom. The summed E-state index contributed by atoms with van der Waals surface area (Å²) in [6.07, 6.45) is 5.92. The number of carbonyl (C=O) groups is 2. The first-order valence-electron chi connectivity index (χ1n) is 10.8. The topological polar surface area (TPSA) is 80.3 Å². The maximum atomic E-state index is 12.6. The molecule has 160 valence electrons. The largest absolute Gasteiger partial charge is 0.378 e. The molecule has 6 nitrogen and oxygen atoms in total. The standard InChI is InChI=1S/C22H33N3O3S/c1-13(2)18(26)25-20-21(3,4)14-9-15-16(28-8-6-22(15,20)10-14)5-7-24-19(27)17-11-23-12-29-17/h11-16,20H,5-10H2,1-4H3,(H,24,27)(H,25,26)/t14-,15-,16-,20+,22-/m1/s1. The van der Waals surface area contributed by atoms with Crippen LogP contribution in [0.15, 0.2) is 11.7 Å². The number of carbonyl (C=O) groups excluding carboxylic acids is 2. The van der Waals surface area contributed by atoms with Crippen LogP contribution < -0.4 is 10.6 Å². The van der Waals surface area contributed by atoms with E-state index in [0.29, 0.717) is 23.3 Å². The SMILES string of the molecule is CC(C)C(=O)N[C@H]1C(C)(C)[C@@H]2C[C@@H]3[C@@H](CCNC(=O)c4cncs4)OCC[C@@]31C2. The third-order valence-electron chi connectivity index (χ3n) is 7.80. The van der Waals surface area contributed by atoms with Gasteiger partial charge in [0.15, 0.2) is 0 Å². The minimum atomic E-state index is -0.0610. The van der Waals surface area contributed by atoms with E-state index in [4.69, 9.17) is 4.74 Å². The van der Waals surface area contributed by atoms with Crippen LogP contribution in [-0.4, -0.2) is 42.1 Å². The zero-order valence-corrected chi connectivity index (χ0v) is 18.7. The molecule has 1 aromatic rings. The Kier molecular flexibility index (Phi) is 5.49. The molecule has 1 aliphatic heterocycles. The van der Waals surface area contributed by atoms with Crippen LogP contribution in [0, 0.1) is 28.6 Å². The van der Waals surface area contributed by atoms with Gasteiger partial charge in [0.1, 0.15) is 4.88 Å². The quantitative estimate of drug-likeness (QED) is 0.742. The van der Waals surface area contributed by atoms with Crippen molar-refractivity contribution in [2.24, 2.45) is 28.6 Å². The second-order valence-electron chi connectivity index (χ2n) is 9.96. The van der Waals surface area contributed by atoms with Crippen LogP contribution in [0.4, 0.5) is 0 Å². The predicted octanol–water partition coefficient (Wildman–Crippen LogP) is 3.25. The summed E-state index contributed by atoms with van der Waals surface area (Å²) in [4.78, 5) is 29.4. The molecule has 0 unspecified atom stereocenters. The number of fused-ring (bicyclic) bond motifs is 1. The molecule has 1 spiro atoms. The predicted molar refractivity (Wildman–Crippen MR) is 113 cm³/mol. The highest BCUT2D eigenvalue weighted by atomic mass is 32.1. The number of hydrogen-bond donors (Lipinski definition) is 2. The zero-order valence-electron chi connectivity index (χ0n) is 17.9. The monoisotopic (exact) mass is 419 g/mol. The molecule has 1 aromatic heterocycles. The van der Waals surface area contributed by atoms with Crippen LogP contribution in [0.25, 0.3) is 0 Å². The van der Waals surface area contributed by atoms with Gasteiger partial charge in [0.25, 0.3) is 5.91 Å². The van der Waals surface area contributed by atoms with Crippen LogP contribution in [0.3, 0.4) is 0 Å². The third-order valence-corrected chi connectivity index (χ3v) is 8.58. The van der Waals surface area contributed by atoms with Crippen LogP contribution in [-0.2, 0) is 9.53 Å². The van der Waals surface area contributed by atoms with Gasteiger partial charge in [-0.05, 0) is 48.3 Å². The molecule has 1 saturated heterocycles. The maximum absolute atomic E-state index is 12.6. The fraction of sp³-hybridized carbons (Fsp3) is 0.773. The van der Waals surface area contributed by atoms with Crippen molar-refractivity contribution < 1.29 is 14.3 Å². The highest BCUT2D eigenvalue weighted by Crippen LogP contribution is 2.68. The fourth-order valence-corrected chi connectivity index (χ4v) is 6.78. The smallest absolute Gasteiger partial charge is 0.262 e. The van der Waals surface area contributed by atoms with E-state index >= 15 is 0 Å². The van der Waals surface area contributed by atoms with Gasteiger partial charge in [-0.3, -0.25) is 14.6 Å². The van der Waals surface area contributed by atoms with E-state index in [2.05, 4.69) is 29.5 Å². The van der Waals surface area contributed by atoms with Crippen LogP contribution in [0.1, 0.15) is 63.0 Å². The van der Waals surface area contributed by atoms with Crippen LogP contribution in [0.2, 0.25) is 0 Å². The number of amides is 2. The van der Waals surface area contributed by atoms with E-state index in [-0.39, 0.29) is 40.7 Å². The number of thiazole rings is 1. The molecule has 0 aromatic carbocycles. The lowest BCUT2D eigenvalue weighted by Crippen LogP contribution is -2.60. The van der Waals surface area contributed by atoms with E-state index in [9.17, 15) is 9.59 Å². The lowest BCUT2D eigenvalue weighted by atomic mass is 9.59. The van der Waals surface area contributed by atoms with Crippen molar-refractivity contribution in [3.8, 4) is 0 Å². The van der Waals surface area contributed by atoms with Gasteiger partial charge >= 0.3 is 0 Å². The fourth-order valence-electron chi connectivity index (χ4n) is 6.25. The molecule has 2 heterocycles. The Labute approximate surface area is 177 Å². The molecular weight excluding hydrogens is 386 g/mol. The van der Waals surface area contributed by atoms with Gasteiger partial charge < -0.3 is 15.4 Å². The molecule has 2 N–H and O–H groups in total. The first kappa shape index (κ1) is 20.8. The van der Waals surface area contributed by atoms with Crippen molar-refractivity contribution in [2.45, 2.75) is 65.5 Å². The number of rotatable bonds is 6. The minimum absolute atomic E-state index is 0.00244. The minimum Gasteiger partial charge on any atom is -0.378 e. The van der Waals surface area contributed by atoms with Crippen LogP contribution in [0.5, 0.6) is 0 Å². The second-order valence-corrected chi connectivity index (χ2v) is 10.8. The summed E-state index contributed by atoms with van der Waals surface area (Å²) in [5, 5.41) is 6.44. The molecule has 4 rings (SSSR count). The number of aromatic nitrogens is 1. The Balaban J connectivity index is 1.44. The Bertz CT molecular complexity index is 763. The third kappa shape index (κ3) is 3.50. The molecule has 29 heavy (non-hydrogen) atoms. The second kappa shape index (κ2) is 7.65. The number of hydrogen-bond acceptors (Lipinski definition) is 5. The first-order valence-corrected chi connectivity index (χ1v) is 11.7. The highest BCUT2D eigenvalue weighted by Gasteiger charge is 2.68. The first-order chi connectivity index (χ1) is 13.8. The lowest BCUT2D eigenvalue weighted by Gasteiger charge is -2.53. The van der Waals surface area contributed by atoms with Gasteiger partial charge in [0.05, 0.1) is 17.8 Å². The van der Waals surface area contributed by atoms with Crippen molar-refractivity contribution in [1.29, 1.82) is 0 Å². The number of nitrogens with zero attached hydrogens (tertiary/aromatic N) is 1. The van der Waals surface area contributed by atoms with Crippen molar-refractivity contribution in [1.82, 2.24) is 15.6 Å². The van der Waals surface area contributed by atoms with E-state index in [0.717, 1.165) is 25.9 Å². The number of nitrogens with one attached hydrogen (secondary N) is 2. The van der Waals surface area contributed by atoms with Crippen molar-refractivity contribution in [2.75, 3.05) is 13.2 Å². The van der Waals surface area contributed by atoms with Gasteiger partial charge in [-0.2, -0.15) is 0 Å². The summed E-state index contributed by atoms with van der Waals surface area (Å²) >= 11 is 1.35. The summed E-state index contributed by atoms with van der Waals surface area (Å²) < 4.78 is 6.21. The zero-order chi connectivity index (χ0) is 20.8. The van der Waals surface area contributed by atoms with Crippen LogP contribution >= 0.6 is 11.3 Å². The van der Waals surface area contributed by atoms with E-state index in [1.807, 2.05) is 13.8 Å². The molecule has 2 bridgehead atoms. The molecule has 7 heteroatoms. The van der Waals surface area contributed by atoms with Gasteiger partial charge in [-0.15, -0.1) is 11.3 Å². The van der Waals surface area contributed by atoms with Crippen molar-refractivity contribution in [3.63, 3.8) is 0 Å². The summed E-state index contributed by atoms with van der Waals surface area (Å²) in [5.41, 5.74) is 1.91. The maximum Gasteiger partial charge on any atom is 0.262 e. The van der Waals surface area contributed by atoms with Gasteiger partial charge in [-0.25, -0.2) is 0 Å². The molecule has 3 aliphatic rings. The molecular formula is C22H33N3O3S. The van der Waals surface area contributed by atoms with E-state index in [1.165, 1.54) is 17.8 Å². The Morgan fingerprint density at radius 1 is 1.38 bits per heavy atom.